The van der Waals surface area contributed by atoms with E-state index in [0.717, 1.165) is 11.1 Å². The minimum atomic E-state index is -0.525. The molecule has 3 rings (SSSR count). The maximum Gasteiger partial charge on any atom is 0.360 e. The van der Waals surface area contributed by atoms with Crippen LogP contribution in [0.5, 0.6) is 0 Å². The zero-order valence-electron chi connectivity index (χ0n) is 14.5. The molecule has 3 aromatic rings. The number of oxime groups is 1. The van der Waals surface area contributed by atoms with Crippen molar-refractivity contribution in [2.24, 2.45) is 5.16 Å². The molecule has 2 aromatic carbocycles. The highest BCUT2D eigenvalue weighted by Crippen LogP contribution is 2.22. The fraction of sp³-hybridized carbons (Fsp3) is 0.200. The third-order valence-corrected chi connectivity index (χ3v) is 4.16. The largest absolute Gasteiger partial charge is 0.464 e. The highest BCUT2D eigenvalue weighted by molar-refractivity contribution is 6.43. The predicted molar refractivity (Wildman–Crippen MR) is 97.8 cm³/mol. The smallest absolute Gasteiger partial charge is 0.360 e. The zero-order chi connectivity index (χ0) is 17.8. The average molecular weight is 336 g/mol. The number of aromatic nitrogens is 1. The third-order valence-electron chi connectivity index (χ3n) is 4.16. The van der Waals surface area contributed by atoms with E-state index in [1.54, 1.807) is 0 Å². The summed E-state index contributed by atoms with van der Waals surface area (Å²) in [6.07, 6.45) is 2.12. The first-order chi connectivity index (χ1) is 12.2. The molecule has 0 saturated carbocycles. The Morgan fingerprint density at radius 1 is 1.08 bits per heavy atom. The monoisotopic (exact) mass is 336 g/mol. The van der Waals surface area contributed by atoms with E-state index in [1.165, 1.54) is 25.2 Å². The molecule has 0 N–H and O–H groups in total. The summed E-state index contributed by atoms with van der Waals surface area (Å²) in [6.45, 7) is 2.71. The topological polar surface area (TPSA) is 52.8 Å². The van der Waals surface area contributed by atoms with Crippen LogP contribution in [0.4, 0.5) is 0 Å². The number of hydrogen-bond donors (Lipinski definition) is 0. The van der Waals surface area contributed by atoms with E-state index in [1.807, 2.05) is 36.4 Å². The average Bonchev–Trinajstić information content (AvgIpc) is 2.96. The molecule has 0 aliphatic rings. The third kappa shape index (κ3) is 3.26. The van der Waals surface area contributed by atoms with Crippen molar-refractivity contribution in [2.75, 3.05) is 14.2 Å². The molecule has 0 amide bonds. The number of para-hydroxylation sites is 1. The van der Waals surface area contributed by atoms with Crippen molar-refractivity contribution >= 4 is 22.6 Å². The van der Waals surface area contributed by atoms with Crippen LogP contribution < -0.4 is 0 Å². The Morgan fingerprint density at radius 3 is 2.56 bits per heavy atom. The summed E-state index contributed by atoms with van der Waals surface area (Å²) in [5, 5.41) is 5.09. The fourth-order valence-corrected chi connectivity index (χ4v) is 3.02. The molecular weight excluding hydrogens is 316 g/mol. The Morgan fingerprint density at radius 2 is 1.80 bits per heavy atom. The molecule has 1 aromatic heterocycles. The number of carbonyl (C=O) groups excluding carboxylic acids is 1. The Bertz CT molecular complexity index is 941. The molecule has 0 aliphatic heterocycles. The standard InChI is InChI=1S/C20H20N2O3/c1-14-12-22(18-11-7-6-9-16(14)18)13-15-8-4-5-10-17(15)19(21-25-3)20(23)24-2/h4-12H,13H2,1-3H3. The van der Waals surface area contributed by atoms with E-state index in [2.05, 4.69) is 35.0 Å². The number of hydrogen-bond acceptors (Lipinski definition) is 4. The van der Waals surface area contributed by atoms with Gasteiger partial charge < -0.3 is 14.1 Å². The molecule has 0 spiro atoms. The molecule has 5 nitrogen and oxygen atoms in total. The van der Waals surface area contributed by atoms with Gasteiger partial charge in [0.25, 0.3) is 0 Å². The molecule has 0 aliphatic carbocycles. The lowest BCUT2D eigenvalue weighted by Gasteiger charge is -2.12. The summed E-state index contributed by atoms with van der Waals surface area (Å²) in [4.78, 5) is 16.9. The number of aryl methyl sites for hydroxylation is 1. The molecule has 25 heavy (non-hydrogen) atoms. The quantitative estimate of drug-likeness (QED) is 0.407. The highest BCUT2D eigenvalue weighted by Gasteiger charge is 2.19. The van der Waals surface area contributed by atoms with Gasteiger partial charge in [0.1, 0.15) is 7.11 Å². The van der Waals surface area contributed by atoms with E-state index in [9.17, 15) is 4.79 Å². The van der Waals surface area contributed by atoms with Gasteiger partial charge in [0, 0.05) is 29.2 Å². The number of rotatable bonds is 5. The van der Waals surface area contributed by atoms with Crippen LogP contribution >= 0.6 is 0 Å². The van der Waals surface area contributed by atoms with Gasteiger partial charge in [0.05, 0.1) is 7.11 Å². The van der Waals surface area contributed by atoms with Crippen molar-refractivity contribution in [1.29, 1.82) is 0 Å². The number of esters is 1. The van der Waals surface area contributed by atoms with E-state index >= 15 is 0 Å². The van der Waals surface area contributed by atoms with Crippen molar-refractivity contribution in [3.05, 3.63) is 71.4 Å². The van der Waals surface area contributed by atoms with Crippen molar-refractivity contribution in [2.45, 2.75) is 13.5 Å². The van der Waals surface area contributed by atoms with Crippen LogP contribution in [0.1, 0.15) is 16.7 Å². The maximum absolute atomic E-state index is 12.1. The van der Waals surface area contributed by atoms with Gasteiger partial charge in [-0.3, -0.25) is 0 Å². The summed E-state index contributed by atoms with van der Waals surface area (Å²) in [5.74, 6) is -0.525. The van der Waals surface area contributed by atoms with Crippen LogP contribution in [0.15, 0.2) is 59.9 Å². The first-order valence-electron chi connectivity index (χ1n) is 7.98. The van der Waals surface area contributed by atoms with Gasteiger partial charge in [-0.25, -0.2) is 4.79 Å². The van der Waals surface area contributed by atoms with Crippen molar-refractivity contribution < 1.29 is 14.4 Å². The summed E-state index contributed by atoms with van der Waals surface area (Å²) >= 11 is 0. The fourth-order valence-electron chi connectivity index (χ4n) is 3.02. The van der Waals surface area contributed by atoms with Crippen LogP contribution in [0, 0.1) is 6.92 Å². The number of benzene rings is 2. The first kappa shape index (κ1) is 16.8. The molecule has 0 saturated heterocycles. The van der Waals surface area contributed by atoms with E-state index < -0.39 is 5.97 Å². The van der Waals surface area contributed by atoms with Gasteiger partial charge in [0.2, 0.25) is 0 Å². The number of methoxy groups -OCH3 is 1. The van der Waals surface area contributed by atoms with E-state index in [4.69, 9.17) is 9.57 Å². The Hall–Kier alpha value is -3.08. The predicted octanol–water partition coefficient (Wildman–Crippen LogP) is 3.52. The Balaban J connectivity index is 2.07. The molecule has 0 bridgehead atoms. The summed E-state index contributed by atoms with van der Waals surface area (Å²) in [5.41, 5.74) is 4.19. The number of ether oxygens (including phenoxy) is 1. The van der Waals surface area contributed by atoms with E-state index in [0.29, 0.717) is 12.1 Å². The van der Waals surface area contributed by atoms with Crippen molar-refractivity contribution in [3.63, 3.8) is 0 Å². The summed E-state index contributed by atoms with van der Waals surface area (Å²) < 4.78 is 7.01. The number of fused-ring (bicyclic) bond motifs is 1. The van der Waals surface area contributed by atoms with Gasteiger partial charge >= 0.3 is 5.97 Å². The SMILES string of the molecule is CON=C(C(=O)OC)c1ccccc1Cn1cc(C)c2ccccc21. The van der Waals surface area contributed by atoms with Crippen LogP contribution in [0.2, 0.25) is 0 Å². The second kappa shape index (κ2) is 7.21. The lowest BCUT2D eigenvalue weighted by Crippen LogP contribution is -2.20. The highest BCUT2D eigenvalue weighted by atomic mass is 16.6. The number of carbonyl (C=O) groups is 1. The molecule has 5 heteroatoms. The van der Waals surface area contributed by atoms with Gasteiger partial charge in [-0.2, -0.15) is 0 Å². The van der Waals surface area contributed by atoms with Gasteiger partial charge in [-0.05, 0) is 24.1 Å². The van der Waals surface area contributed by atoms with Gasteiger partial charge in [-0.15, -0.1) is 0 Å². The molecular formula is C20H20N2O3. The van der Waals surface area contributed by atoms with Crippen LogP contribution in [0.25, 0.3) is 10.9 Å². The minimum absolute atomic E-state index is 0.161. The second-order valence-electron chi connectivity index (χ2n) is 5.73. The molecule has 0 fully saturated rings. The molecule has 1 heterocycles. The normalized spacial score (nSPS) is 11.6. The molecule has 0 atom stereocenters. The van der Waals surface area contributed by atoms with Crippen molar-refractivity contribution in [1.82, 2.24) is 4.57 Å². The summed E-state index contributed by atoms with van der Waals surface area (Å²) in [6, 6.07) is 15.9. The minimum Gasteiger partial charge on any atom is -0.464 e. The second-order valence-corrected chi connectivity index (χ2v) is 5.73. The van der Waals surface area contributed by atoms with E-state index in [-0.39, 0.29) is 5.71 Å². The van der Waals surface area contributed by atoms with Crippen molar-refractivity contribution in [3.8, 4) is 0 Å². The molecule has 0 radical (unpaired) electrons. The first-order valence-corrected chi connectivity index (χ1v) is 7.98. The molecule has 128 valence electrons. The lowest BCUT2D eigenvalue weighted by molar-refractivity contribution is -0.132. The summed E-state index contributed by atoms with van der Waals surface area (Å²) in [7, 11) is 2.74. The molecule has 0 unspecified atom stereocenters. The van der Waals surface area contributed by atoms with Crippen LogP contribution in [-0.4, -0.2) is 30.5 Å². The Labute approximate surface area is 146 Å². The maximum atomic E-state index is 12.1. The van der Waals surface area contributed by atoms with Gasteiger partial charge in [0.15, 0.2) is 5.71 Å². The van der Waals surface area contributed by atoms with Crippen LogP contribution in [-0.2, 0) is 20.9 Å². The zero-order valence-corrected chi connectivity index (χ0v) is 14.5. The number of nitrogens with zero attached hydrogens (tertiary/aromatic N) is 2. The van der Waals surface area contributed by atoms with Gasteiger partial charge in [-0.1, -0.05) is 47.6 Å². The lowest BCUT2D eigenvalue weighted by atomic mass is 10.0. The Kier molecular flexibility index (Phi) is 4.84. The van der Waals surface area contributed by atoms with Crippen LogP contribution in [0.3, 0.4) is 0 Å².